The predicted octanol–water partition coefficient (Wildman–Crippen LogP) is 2.27. The van der Waals surface area contributed by atoms with Crippen molar-refractivity contribution in [2.45, 2.75) is 19.3 Å². The zero-order valence-corrected chi connectivity index (χ0v) is 8.08. The Morgan fingerprint density at radius 2 is 2.25 bits per heavy atom. The van der Waals surface area contributed by atoms with E-state index >= 15 is 0 Å². The summed E-state index contributed by atoms with van der Waals surface area (Å²) in [6.45, 7) is 2.28. The van der Waals surface area contributed by atoms with Crippen LogP contribution in [0.25, 0.3) is 0 Å². The van der Waals surface area contributed by atoms with Crippen molar-refractivity contribution in [2.75, 3.05) is 0 Å². The minimum absolute atomic E-state index is 0.770. The first kappa shape index (κ1) is 7.86. The molecule has 1 nitrogen and oxygen atoms in total. The van der Waals surface area contributed by atoms with Gasteiger partial charge in [-0.1, -0.05) is 19.1 Å². The van der Waals surface area contributed by atoms with Crippen molar-refractivity contribution >= 4 is 10.5 Å². The first-order valence-corrected chi connectivity index (χ1v) is 4.65. The van der Waals surface area contributed by atoms with Gasteiger partial charge in [0.2, 0.25) is 0 Å². The van der Waals surface area contributed by atoms with E-state index in [9.17, 15) is 0 Å². The zero-order valence-electron chi connectivity index (χ0n) is 7.08. The van der Waals surface area contributed by atoms with Crippen molar-refractivity contribution in [3.8, 4) is 5.75 Å². The molecule has 0 saturated heterocycles. The van der Waals surface area contributed by atoms with E-state index in [0.29, 0.717) is 0 Å². The van der Waals surface area contributed by atoms with Gasteiger partial charge >= 0.3 is 10.5 Å². The number of benzene rings is 1. The molecule has 2 unspecified atom stereocenters. The highest BCUT2D eigenvalue weighted by atomic mass is 28.2. The van der Waals surface area contributed by atoms with E-state index in [-0.39, 0.29) is 0 Å². The van der Waals surface area contributed by atoms with Crippen LogP contribution in [-0.2, 0) is 0 Å². The maximum Gasteiger partial charge on any atom is 0.341 e. The van der Waals surface area contributed by atoms with E-state index in [2.05, 4.69) is 29.5 Å². The summed E-state index contributed by atoms with van der Waals surface area (Å²) in [4.78, 5) is 0. The van der Waals surface area contributed by atoms with Crippen LogP contribution in [0, 0.1) is 5.92 Å². The minimum atomic E-state index is 0.770. The molecule has 0 aliphatic heterocycles. The summed E-state index contributed by atoms with van der Waals surface area (Å²) in [5.74, 6) is 2.52. The highest BCUT2D eigenvalue weighted by molar-refractivity contribution is 5.99. The zero-order chi connectivity index (χ0) is 8.55. The Hall–Kier alpha value is -0.763. The van der Waals surface area contributed by atoms with Gasteiger partial charge in [-0.15, -0.1) is 0 Å². The average Bonchev–Trinajstić information content (AvgIpc) is 2.83. The first-order valence-electron chi connectivity index (χ1n) is 4.25. The number of rotatable bonds is 2. The van der Waals surface area contributed by atoms with Crippen LogP contribution < -0.4 is 4.43 Å². The Kier molecular flexibility index (Phi) is 1.93. The fourth-order valence-corrected chi connectivity index (χ4v) is 1.72. The second kappa shape index (κ2) is 2.94. The fourth-order valence-electron chi connectivity index (χ4n) is 1.60. The van der Waals surface area contributed by atoms with Crippen LogP contribution in [0.2, 0.25) is 0 Å². The van der Waals surface area contributed by atoms with Crippen molar-refractivity contribution in [3.05, 3.63) is 29.8 Å². The van der Waals surface area contributed by atoms with Crippen LogP contribution in [0.3, 0.4) is 0 Å². The Morgan fingerprint density at radius 1 is 1.50 bits per heavy atom. The Balaban J connectivity index is 2.21. The predicted molar refractivity (Wildman–Crippen MR) is 49.3 cm³/mol. The second-order valence-electron chi connectivity index (χ2n) is 3.49. The minimum Gasteiger partial charge on any atom is -0.540 e. The lowest BCUT2D eigenvalue weighted by Crippen LogP contribution is -1.87. The molecule has 61 valence electrons. The van der Waals surface area contributed by atoms with E-state index in [0.717, 1.165) is 17.6 Å². The molecule has 0 spiro atoms. The van der Waals surface area contributed by atoms with E-state index in [1.165, 1.54) is 12.0 Å². The van der Waals surface area contributed by atoms with E-state index in [1.54, 1.807) is 0 Å². The third kappa shape index (κ3) is 1.39. The summed E-state index contributed by atoms with van der Waals surface area (Å²) in [5, 5.41) is 0. The molecule has 2 atom stereocenters. The van der Waals surface area contributed by atoms with Gasteiger partial charge in [-0.3, -0.25) is 0 Å². The summed E-state index contributed by atoms with van der Waals surface area (Å²) < 4.78 is 4.97. The van der Waals surface area contributed by atoms with Crippen LogP contribution >= 0.6 is 0 Å². The van der Waals surface area contributed by atoms with Crippen LogP contribution in [0.15, 0.2) is 24.3 Å². The van der Waals surface area contributed by atoms with E-state index in [1.807, 2.05) is 12.1 Å². The average molecular weight is 175 g/mol. The van der Waals surface area contributed by atoms with Gasteiger partial charge in [-0.2, -0.15) is 0 Å². The molecular formula is C10H11OSi. The normalized spacial score (nSPS) is 26.8. The summed E-state index contributed by atoms with van der Waals surface area (Å²) in [5.41, 5.74) is 1.40. The molecular weight excluding hydrogens is 164 g/mol. The Bertz CT molecular complexity index is 285. The molecule has 1 fully saturated rings. The smallest absolute Gasteiger partial charge is 0.341 e. The molecule has 0 aromatic heterocycles. The lowest BCUT2D eigenvalue weighted by Gasteiger charge is -2.02. The summed E-state index contributed by atoms with van der Waals surface area (Å²) in [7, 11) is 3.02. The van der Waals surface area contributed by atoms with Crippen molar-refractivity contribution in [1.82, 2.24) is 0 Å². The van der Waals surface area contributed by atoms with Gasteiger partial charge in [0, 0.05) is 0 Å². The quantitative estimate of drug-likeness (QED) is 0.627. The van der Waals surface area contributed by atoms with E-state index < -0.39 is 0 Å². The summed E-state index contributed by atoms with van der Waals surface area (Å²) in [6, 6.07) is 8.25. The molecule has 1 aliphatic rings. The summed E-state index contributed by atoms with van der Waals surface area (Å²) in [6.07, 6.45) is 1.32. The Labute approximate surface area is 76.3 Å². The lowest BCUT2D eigenvalue weighted by molar-refractivity contribution is 0.614. The molecule has 1 saturated carbocycles. The molecule has 0 N–H and O–H groups in total. The maximum atomic E-state index is 4.97. The largest absolute Gasteiger partial charge is 0.540 e. The van der Waals surface area contributed by atoms with Gasteiger partial charge in [-0.25, -0.2) is 0 Å². The standard InChI is InChI=1S/C10H11OSi/c1-7-5-10(7)8-3-2-4-9(6-8)11-12/h2-4,6-7,10H,5H2,1H3. The van der Waals surface area contributed by atoms with Crippen LogP contribution in [0.4, 0.5) is 0 Å². The highest BCUT2D eigenvalue weighted by Crippen LogP contribution is 2.47. The topological polar surface area (TPSA) is 9.23 Å². The fraction of sp³-hybridized carbons (Fsp3) is 0.400. The van der Waals surface area contributed by atoms with Gasteiger partial charge < -0.3 is 4.43 Å². The van der Waals surface area contributed by atoms with Crippen LogP contribution in [0.1, 0.15) is 24.8 Å². The molecule has 0 amide bonds. The summed E-state index contributed by atoms with van der Waals surface area (Å²) >= 11 is 0. The third-order valence-electron chi connectivity index (χ3n) is 2.51. The molecule has 2 rings (SSSR count). The van der Waals surface area contributed by atoms with Crippen molar-refractivity contribution < 1.29 is 4.43 Å². The van der Waals surface area contributed by atoms with E-state index in [4.69, 9.17) is 4.43 Å². The molecule has 3 radical (unpaired) electrons. The molecule has 0 bridgehead atoms. The van der Waals surface area contributed by atoms with Crippen molar-refractivity contribution in [1.29, 1.82) is 0 Å². The lowest BCUT2D eigenvalue weighted by atomic mass is 10.1. The van der Waals surface area contributed by atoms with Gasteiger partial charge in [0.1, 0.15) is 5.75 Å². The third-order valence-corrected chi connectivity index (χ3v) is 2.75. The molecule has 2 heteroatoms. The molecule has 0 heterocycles. The monoisotopic (exact) mass is 175 g/mol. The van der Waals surface area contributed by atoms with Crippen LogP contribution in [-0.4, -0.2) is 10.5 Å². The second-order valence-corrected chi connectivity index (χ2v) is 3.70. The van der Waals surface area contributed by atoms with Crippen molar-refractivity contribution in [2.24, 2.45) is 5.92 Å². The molecule has 1 aliphatic carbocycles. The maximum absolute atomic E-state index is 4.97. The molecule has 1 aromatic carbocycles. The van der Waals surface area contributed by atoms with Gasteiger partial charge in [0.25, 0.3) is 0 Å². The van der Waals surface area contributed by atoms with Crippen molar-refractivity contribution in [3.63, 3.8) is 0 Å². The van der Waals surface area contributed by atoms with Gasteiger partial charge in [0.15, 0.2) is 0 Å². The number of hydrogen-bond donors (Lipinski definition) is 0. The van der Waals surface area contributed by atoms with Gasteiger partial charge in [-0.05, 0) is 36.0 Å². The molecule has 12 heavy (non-hydrogen) atoms. The first-order chi connectivity index (χ1) is 5.81. The Morgan fingerprint density at radius 3 is 2.83 bits per heavy atom. The number of hydrogen-bond acceptors (Lipinski definition) is 1. The molecule has 1 aromatic rings. The SMILES string of the molecule is CC1CC1c1cccc(O[Si])c1. The van der Waals surface area contributed by atoms with Crippen LogP contribution in [0.5, 0.6) is 5.75 Å². The van der Waals surface area contributed by atoms with Gasteiger partial charge in [0.05, 0.1) is 0 Å². The highest BCUT2D eigenvalue weighted by Gasteiger charge is 2.33.